The molecule has 0 aliphatic rings. The first kappa shape index (κ1) is 13.1. The van der Waals surface area contributed by atoms with Gasteiger partial charge in [-0.25, -0.2) is 4.68 Å². The van der Waals surface area contributed by atoms with Gasteiger partial charge in [0.25, 0.3) is 0 Å². The Hall–Kier alpha value is -1.91. The van der Waals surface area contributed by atoms with Gasteiger partial charge in [0, 0.05) is 6.54 Å². The summed E-state index contributed by atoms with van der Waals surface area (Å²) in [6, 6.07) is 12.7. The average molecular weight is 283 g/mol. The van der Waals surface area contributed by atoms with E-state index in [0.29, 0.717) is 6.54 Å². The summed E-state index contributed by atoms with van der Waals surface area (Å²) < 4.78 is 2.01. The van der Waals surface area contributed by atoms with E-state index < -0.39 is 0 Å². The Morgan fingerprint density at radius 1 is 1.20 bits per heavy atom. The van der Waals surface area contributed by atoms with Crippen LogP contribution in [0.2, 0.25) is 0 Å². The van der Waals surface area contributed by atoms with Crippen molar-refractivity contribution in [2.45, 2.75) is 20.4 Å². The Morgan fingerprint density at radius 3 is 2.75 bits per heavy atom. The first-order valence-corrected chi connectivity index (χ1v) is 7.47. The molecule has 0 fully saturated rings. The number of thiophene rings is 1. The van der Waals surface area contributed by atoms with Gasteiger partial charge in [-0.15, -0.1) is 11.3 Å². The highest BCUT2D eigenvalue weighted by molar-refractivity contribution is 7.13. The fourth-order valence-electron chi connectivity index (χ4n) is 2.26. The zero-order chi connectivity index (χ0) is 14.1. The summed E-state index contributed by atoms with van der Waals surface area (Å²) in [6.45, 7) is 4.66. The Morgan fingerprint density at radius 2 is 2.05 bits per heavy atom. The van der Waals surface area contributed by atoms with E-state index in [1.54, 1.807) is 11.3 Å². The van der Waals surface area contributed by atoms with Crippen molar-refractivity contribution in [3.05, 3.63) is 58.6 Å². The van der Waals surface area contributed by atoms with Crippen LogP contribution in [0.3, 0.4) is 0 Å². The van der Waals surface area contributed by atoms with E-state index in [4.69, 9.17) is 5.73 Å². The molecular formula is C16H17N3S. The number of aryl methyl sites for hydroxylation is 2. The fourth-order valence-corrected chi connectivity index (χ4v) is 2.99. The fraction of sp³-hybridized carbons (Fsp3) is 0.188. The summed E-state index contributed by atoms with van der Waals surface area (Å²) in [5.74, 6) is 0. The molecule has 0 bridgehead atoms. The van der Waals surface area contributed by atoms with Gasteiger partial charge in [-0.3, -0.25) is 0 Å². The predicted octanol–water partition coefficient (Wildman–Crippen LogP) is 3.68. The average Bonchev–Trinajstić information content (AvgIpc) is 3.09. The SMILES string of the molecule is Cc1ccc(C)c(-n2nc(CN)cc2-c2cccs2)c1. The lowest BCUT2D eigenvalue weighted by Gasteiger charge is -2.10. The van der Waals surface area contributed by atoms with Gasteiger partial charge < -0.3 is 5.73 Å². The molecule has 0 saturated carbocycles. The third-order valence-electron chi connectivity index (χ3n) is 3.34. The van der Waals surface area contributed by atoms with E-state index in [0.717, 1.165) is 17.1 Å². The van der Waals surface area contributed by atoms with Crippen LogP contribution in [0.1, 0.15) is 16.8 Å². The van der Waals surface area contributed by atoms with Gasteiger partial charge in [0.1, 0.15) is 0 Å². The summed E-state index contributed by atoms with van der Waals surface area (Å²) in [6.07, 6.45) is 0. The molecule has 0 aliphatic heterocycles. The van der Waals surface area contributed by atoms with Crippen molar-refractivity contribution in [2.75, 3.05) is 0 Å². The van der Waals surface area contributed by atoms with Crippen LogP contribution in [0.25, 0.3) is 16.3 Å². The number of nitrogens with zero attached hydrogens (tertiary/aromatic N) is 2. The first-order valence-electron chi connectivity index (χ1n) is 6.59. The van der Waals surface area contributed by atoms with Gasteiger partial charge in [-0.2, -0.15) is 5.10 Å². The van der Waals surface area contributed by atoms with Crippen LogP contribution in [-0.2, 0) is 6.54 Å². The first-order chi connectivity index (χ1) is 9.69. The van der Waals surface area contributed by atoms with E-state index in [9.17, 15) is 0 Å². The number of aromatic nitrogens is 2. The molecule has 3 nitrogen and oxygen atoms in total. The lowest BCUT2D eigenvalue weighted by Crippen LogP contribution is -2.03. The maximum Gasteiger partial charge on any atom is 0.0844 e. The van der Waals surface area contributed by atoms with Gasteiger partial charge in [-0.1, -0.05) is 18.2 Å². The van der Waals surface area contributed by atoms with Crippen molar-refractivity contribution in [1.29, 1.82) is 0 Å². The van der Waals surface area contributed by atoms with E-state index in [-0.39, 0.29) is 0 Å². The molecule has 0 radical (unpaired) electrons. The zero-order valence-electron chi connectivity index (χ0n) is 11.6. The van der Waals surface area contributed by atoms with Gasteiger partial charge >= 0.3 is 0 Å². The number of hydrogen-bond donors (Lipinski definition) is 1. The molecule has 2 aromatic heterocycles. The van der Waals surface area contributed by atoms with Crippen molar-refractivity contribution < 1.29 is 0 Å². The molecule has 0 saturated heterocycles. The molecule has 2 N–H and O–H groups in total. The third kappa shape index (κ3) is 2.28. The molecule has 1 aromatic carbocycles. The normalized spacial score (nSPS) is 10.9. The second-order valence-corrected chi connectivity index (χ2v) is 5.85. The number of benzene rings is 1. The number of rotatable bonds is 3. The summed E-state index contributed by atoms with van der Waals surface area (Å²) >= 11 is 1.72. The molecule has 0 atom stereocenters. The molecular weight excluding hydrogens is 266 g/mol. The van der Waals surface area contributed by atoms with Crippen molar-refractivity contribution in [3.8, 4) is 16.3 Å². The molecule has 3 rings (SSSR count). The summed E-state index contributed by atoms with van der Waals surface area (Å²) in [7, 11) is 0. The minimum Gasteiger partial charge on any atom is -0.325 e. The Kier molecular flexibility index (Phi) is 3.42. The van der Waals surface area contributed by atoms with E-state index >= 15 is 0 Å². The molecule has 0 aliphatic carbocycles. The van der Waals surface area contributed by atoms with Crippen LogP contribution in [0.4, 0.5) is 0 Å². The molecule has 0 spiro atoms. The second kappa shape index (κ2) is 5.23. The molecule has 4 heteroatoms. The van der Waals surface area contributed by atoms with Crippen LogP contribution in [0, 0.1) is 13.8 Å². The standard InChI is InChI=1S/C16H17N3S/c1-11-5-6-12(2)14(8-11)19-15(9-13(10-17)18-19)16-4-3-7-20-16/h3-9H,10,17H2,1-2H3. The van der Waals surface area contributed by atoms with Crippen molar-refractivity contribution in [3.63, 3.8) is 0 Å². The lowest BCUT2D eigenvalue weighted by atomic mass is 10.1. The molecule has 3 aromatic rings. The van der Waals surface area contributed by atoms with Crippen LogP contribution in [-0.4, -0.2) is 9.78 Å². The van der Waals surface area contributed by atoms with Gasteiger partial charge in [0.15, 0.2) is 0 Å². The van der Waals surface area contributed by atoms with Gasteiger partial charge in [0.05, 0.1) is 22.0 Å². The van der Waals surface area contributed by atoms with Crippen LogP contribution in [0.5, 0.6) is 0 Å². The molecule has 0 amide bonds. The maximum absolute atomic E-state index is 5.76. The highest BCUT2D eigenvalue weighted by atomic mass is 32.1. The monoisotopic (exact) mass is 283 g/mol. The number of nitrogens with two attached hydrogens (primary N) is 1. The van der Waals surface area contributed by atoms with Crippen molar-refractivity contribution >= 4 is 11.3 Å². The lowest BCUT2D eigenvalue weighted by molar-refractivity contribution is 0.833. The Balaban J connectivity index is 2.22. The van der Waals surface area contributed by atoms with E-state index in [1.165, 1.54) is 16.0 Å². The minimum absolute atomic E-state index is 0.455. The Bertz CT molecular complexity index is 726. The maximum atomic E-state index is 5.76. The highest BCUT2D eigenvalue weighted by Gasteiger charge is 2.13. The quantitative estimate of drug-likeness (QED) is 0.797. The molecule has 0 unspecified atom stereocenters. The predicted molar refractivity (Wildman–Crippen MR) is 84.2 cm³/mol. The molecule has 2 heterocycles. The number of hydrogen-bond acceptors (Lipinski definition) is 3. The van der Waals surface area contributed by atoms with Crippen LogP contribution in [0.15, 0.2) is 41.8 Å². The third-order valence-corrected chi connectivity index (χ3v) is 4.23. The van der Waals surface area contributed by atoms with E-state index in [2.05, 4.69) is 60.7 Å². The highest BCUT2D eigenvalue weighted by Crippen LogP contribution is 2.29. The topological polar surface area (TPSA) is 43.8 Å². The summed E-state index contributed by atoms with van der Waals surface area (Å²) in [4.78, 5) is 1.21. The summed E-state index contributed by atoms with van der Waals surface area (Å²) in [5.41, 5.74) is 11.3. The second-order valence-electron chi connectivity index (χ2n) is 4.90. The van der Waals surface area contributed by atoms with Crippen LogP contribution < -0.4 is 5.73 Å². The van der Waals surface area contributed by atoms with Gasteiger partial charge in [0.2, 0.25) is 0 Å². The van der Waals surface area contributed by atoms with Crippen molar-refractivity contribution in [1.82, 2.24) is 9.78 Å². The van der Waals surface area contributed by atoms with Gasteiger partial charge in [-0.05, 0) is 48.6 Å². The Labute approximate surface area is 122 Å². The van der Waals surface area contributed by atoms with Crippen LogP contribution >= 0.6 is 11.3 Å². The summed E-state index contributed by atoms with van der Waals surface area (Å²) in [5, 5.41) is 6.74. The largest absolute Gasteiger partial charge is 0.325 e. The van der Waals surface area contributed by atoms with Crippen molar-refractivity contribution in [2.24, 2.45) is 5.73 Å². The zero-order valence-corrected chi connectivity index (χ0v) is 12.4. The molecule has 102 valence electrons. The smallest absolute Gasteiger partial charge is 0.0844 e. The van der Waals surface area contributed by atoms with E-state index in [1.807, 2.05) is 4.68 Å². The molecule has 20 heavy (non-hydrogen) atoms. The minimum atomic E-state index is 0.455.